The lowest BCUT2D eigenvalue weighted by Crippen LogP contribution is -2.36. The second-order valence-electron chi connectivity index (χ2n) is 7.79. The normalized spacial score (nSPS) is 12.2. The molecule has 3 aromatic rings. The molecule has 0 aliphatic heterocycles. The van der Waals surface area contributed by atoms with Crippen LogP contribution in [0.2, 0.25) is 0 Å². The molecular formula is C24H24BrN3O4S. The fraction of sp³-hybridized carbons (Fsp3) is 0.250. The lowest BCUT2D eigenvalue weighted by molar-refractivity contribution is -0.137. The number of sulfonamides is 1. The van der Waals surface area contributed by atoms with E-state index in [0.29, 0.717) is 33.4 Å². The van der Waals surface area contributed by atoms with Gasteiger partial charge in [-0.3, -0.25) is 9.52 Å². The van der Waals surface area contributed by atoms with Crippen molar-refractivity contribution < 1.29 is 18.3 Å². The summed E-state index contributed by atoms with van der Waals surface area (Å²) in [5, 5.41) is 10.5. The number of nitrogens with one attached hydrogen (secondary N) is 1. The van der Waals surface area contributed by atoms with Gasteiger partial charge in [-0.25, -0.2) is 13.4 Å². The molecule has 172 valence electrons. The number of aromatic nitrogens is 1. The van der Waals surface area contributed by atoms with Crippen molar-refractivity contribution in [2.24, 2.45) is 0 Å². The van der Waals surface area contributed by atoms with Gasteiger partial charge in [-0.05, 0) is 44.0 Å². The number of terminal acetylenes is 1. The van der Waals surface area contributed by atoms with Crippen LogP contribution < -0.4 is 9.62 Å². The maximum Gasteiger partial charge on any atom is 0.305 e. The van der Waals surface area contributed by atoms with E-state index in [1.54, 1.807) is 49.9 Å². The van der Waals surface area contributed by atoms with E-state index in [-0.39, 0.29) is 17.9 Å². The number of benzene rings is 2. The van der Waals surface area contributed by atoms with E-state index in [0.717, 1.165) is 4.47 Å². The van der Waals surface area contributed by atoms with Crippen LogP contribution in [0, 0.1) is 26.2 Å². The van der Waals surface area contributed by atoms with E-state index >= 15 is 0 Å². The number of aliphatic carboxylic acids is 1. The minimum Gasteiger partial charge on any atom is -0.481 e. The monoisotopic (exact) mass is 529 g/mol. The maximum absolute atomic E-state index is 13.3. The summed E-state index contributed by atoms with van der Waals surface area (Å²) in [6.45, 7) is 5.41. The third-order valence-corrected chi connectivity index (χ3v) is 7.38. The predicted molar refractivity (Wildman–Crippen MR) is 134 cm³/mol. The number of carboxylic acids is 1. The highest BCUT2D eigenvalue weighted by atomic mass is 79.9. The Morgan fingerprint density at radius 2 is 1.85 bits per heavy atom. The van der Waals surface area contributed by atoms with Crippen LogP contribution in [0.25, 0.3) is 10.8 Å². The van der Waals surface area contributed by atoms with E-state index < -0.39 is 22.0 Å². The van der Waals surface area contributed by atoms with Crippen LogP contribution in [-0.4, -0.2) is 37.1 Å². The van der Waals surface area contributed by atoms with Crippen molar-refractivity contribution in [1.82, 2.24) is 4.98 Å². The van der Waals surface area contributed by atoms with Crippen LogP contribution in [0.4, 0.5) is 11.5 Å². The zero-order valence-electron chi connectivity index (χ0n) is 18.5. The van der Waals surface area contributed by atoms with Crippen molar-refractivity contribution in [3.8, 4) is 12.3 Å². The number of rotatable bonds is 8. The Labute approximate surface area is 202 Å². The molecule has 1 heterocycles. The van der Waals surface area contributed by atoms with Crippen LogP contribution in [0.15, 0.2) is 52.0 Å². The Balaban J connectivity index is 2.11. The Bertz CT molecular complexity index is 1340. The van der Waals surface area contributed by atoms with Gasteiger partial charge in [0.05, 0.1) is 29.7 Å². The Morgan fingerprint density at radius 1 is 1.24 bits per heavy atom. The highest BCUT2D eigenvalue weighted by molar-refractivity contribution is 9.10. The average Bonchev–Trinajstić information content (AvgIpc) is 2.71. The van der Waals surface area contributed by atoms with Crippen LogP contribution in [0.1, 0.15) is 24.5 Å². The van der Waals surface area contributed by atoms with Crippen LogP contribution in [0.3, 0.4) is 0 Å². The van der Waals surface area contributed by atoms with Crippen molar-refractivity contribution in [2.75, 3.05) is 16.2 Å². The summed E-state index contributed by atoms with van der Waals surface area (Å²) in [6.07, 6.45) is 6.86. The minimum atomic E-state index is -3.89. The van der Waals surface area contributed by atoms with E-state index in [9.17, 15) is 18.3 Å². The molecule has 0 saturated carbocycles. The van der Waals surface area contributed by atoms with Crippen LogP contribution >= 0.6 is 15.9 Å². The summed E-state index contributed by atoms with van der Waals surface area (Å²) < 4.78 is 30.1. The fourth-order valence-electron chi connectivity index (χ4n) is 3.91. The van der Waals surface area contributed by atoms with Crippen molar-refractivity contribution >= 4 is 54.2 Å². The molecule has 7 nitrogen and oxygen atoms in total. The van der Waals surface area contributed by atoms with E-state index in [1.165, 1.54) is 6.20 Å². The van der Waals surface area contributed by atoms with Gasteiger partial charge in [0.2, 0.25) is 0 Å². The van der Waals surface area contributed by atoms with Crippen LogP contribution in [-0.2, 0) is 14.8 Å². The smallest absolute Gasteiger partial charge is 0.305 e. The Morgan fingerprint density at radius 3 is 2.42 bits per heavy atom. The molecule has 0 fully saturated rings. The highest BCUT2D eigenvalue weighted by Crippen LogP contribution is 2.33. The van der Waals surface area contributed by atoms with E-state index in [4.69, 9.17) is 6.42 Å². The van der Waals surface area contributed by atoms with Gasteiger partial charge in [0.25, 0.3) is 10.0 Å². The number of hydrogen-bond donors (Lipinski definition) is 2. The molecule has 0 saturated heterocycles. The molecule has 2 N–H and O–H groups in total. The minimum absolute atomic E-state index is 0.117. The number of fused-ring (bicyclic) bond motifs is 1. The van der Waals surface area contributed by atoms with Crippen molar-refractivity contribution in [3.63, 3.8) is 0 Å². The number of pyridine rings is 1. The molecule has 0 bridgehead atoms. The second-order valence-corrected chi connectivity index (χ2v) is 10.3. The van der Waals surface area contributed by atoms with Crippen molar-refractivity contribution in [1.29, 1.82) is 0 Å². The van der Waals surface area contributed by atoms with Gasteiger partial charge in [-0.2, -0.15) is 0 Å². The van der Waals surface area contributed by atoms with Gasteiger partial charge < -0.3 is 10.0 Å². The van der Waals surface area contributed by atoms with Gasteiger partial charge in [0.15, 0.2) is 0 Å². The van der Waals surface area contributed by atoms with Gasteiger partial charge in [0, 0.05) is 21.3 Å². The predicted octanol–water partition coefficient (Wildman–Crippen LogP) is 4.72. The van der Waals surface area contributed by atoms with Crippen LogP contribution in [0.5, 0.6) is 0 Å². The summed E-state index contributed by atoms with van der Waals surface area (Å²) in [4.78, 5) is 17.7. The summed E-state index contributed by atoms with van der Waals surface area (Å²) >= 11 is 3.39. The molecule has 0 spiro atoms. The standard InChI is InChI=1S/C24H24BrN3O4S/c1-5-10-28(17(4)13-22(29)30)24-20-9-7-6-8-19(20)21(14-26-24)27-33(31,32)23-15(2)11-18(25)12-16(23)3/h1,6-9,11-12,14,17,27H,10,13H2,2-4H3,(H,29,30)/t17-/m0/s1. The van der Waals surface area contributed by atoms with Gasteiger partial charge >= 0.3 is 5.97 Å². The number of carbonyl (C=O) groups is 1. The topological polar surface area (TPSA) is 99.6 Å². The van der Waals surface area contributed by atoms with E-state index in [1.807, 2.05) is 12.1 Å². The molecule has 3 rings (SSSR count). The third kappa shape index (κ3) is 5.29. The first-order valence-corrected chi connectivity index (χ1v) is 12.4. The molecular weight excluding hydrogens is 506 g/mol. The summed E-state index contributed by atoms with van der Waals surface area (Å²) in [7, 11) is -3.89. The average molecular weight is 530 g/mol. The van der Waals surface area contributed by atoms with Gasteiger partial charge in [0.1, 0.15) is 5.82 Å². The molecule has 0 aliphatic rings. The number of hydrogen-bond acceptors (Lipinski definition) is 5. The molecule has 0 unspecified atom stereocenters. The first kappa shape index (κ1) is 24.6. The molecule has 33 heavy (non-hydrogen) atoms. The zero-order chi connectivity index (χ0) is 24.3. The van der Waals surface area contributed by atoms with Gasteiger partial charge in [-0.1, -0.05) is 46.1 Å². The zero-order valence-corrected chi connectivity index (χ0v) is 20.9. The molecule has 0 aliphatic carbocycles. The molecule has 0 amide bonds. The third-order valence-electron chi connectivity index (χ3n) is 5.25. The lowest BCUT2D eigenvalue weighted by atomic mass is 10.1. The Kier molecular flexibility index (Phi) is 7.30. The number of carboxylic acid groups (broad SMARTS) is 1. The number of anilines is 2. The second kappa shape index (κ2) is 9.81. The molecule has 9 heteroatoms. The Hall–Kier alpha value is -3.09. The SMILES string of the molecule is C#CCN(c1ncc(NS(=O)(=O)c2c(C)cc(Br)cc2C)c2ccccc12)[C@@H](C)CC(=O)O. The summed E-state index contributed by atoms with van der Waals surface area (Å²) in [5.74, 6) is 2.10. The van der Waals surface area contributed by atoms with Crippen molar-refractivity contribution in [2.45, 2.75) is 38.1 Å². The first-order chi connectivity index (χ1) is 15.5. The molecule has 1 aromatic heterocycles. The number of aryl methyl sites for hydroxylation is 2. The summed E-state index contributed by atoms with van der Waals surface area (Å²) in [6, 6.07) is 10.3. The first-order valence-electron chi connectivity index (χ1n) is 10.1. The highest BCUT2D eigenvalue weighted by Gasteiger charge is 2.24. The maximum atomic E-state index is 13.3. The largest absolute Gasteiger partial charge is 0.481 e. The molecule has 0 radical (unpaired) electrons. The van der Waals surface area contributed by atoms with Gasteiger partial charge in [-0.15, -0.1) is 6.42 Å². The fourth-order valence-corrected chi connectivity index (χ4v) is 6.11. The quantitative estimate of drug-likeness (QED) is 0.409. The van der Waals surface area contributed by atoms with Crippen molar-refractivity contribution in [3.05, 3.63) is 58.2 Å². The van der Waals surface area contributed by atoms with E-state index in [2.05, 4.69) is 31.6 Å². The number of halogens is 1. The lowest BCUT2D eigenvalue weighted by Gasteiger charge is -2.29. The molecule has 2 aromatic carbocycles. The number of nitrogens with zero attached hydrogens (tertiary/aromatic N) is 2. The molecule has 1 atom stereocenters. The summed E-state index contributed by atoms with van der Waals surface area (Å²) in [5.41, 5.74) is 1.56.